The van der Waals surface area contributed by atoms with Crippen molar-refractivity contribution in [3.05, 3.63) is 78.2 Å². The van der Waals surface area contributed by atoms with E-state index in [1.54, 1.807) is 30.7 Å². The summed E-state index contributed by atoms with van der Waals surface area (Å²) >= 11 is 0. The van der Waals surface area contributed by atoms with E-state index in [4.69, 9.17) is 4.74 Å². The fourth-order valence-corrected chi connectivity index (χ4v) is 2.41. The van der Waals surface area contributed by atoms with Gasteiger partial charge in [-0.15, -0.1) is 0 Å². The molecule has 6 nitrogen and oxygen atoms in total. The van der Waals surface area contributed by atoms with E-state index in [-0.39, 0.29) is 5.91 Å². The van der Waals surface area contributed by atoms with Gasteiger partial charge in [-0.3, -0.25) is 9.78 Å². The molecule has 0 saturated carbocycles. The maximum Gasteiger partial charge on any atom is 0.255 e. The highest BCUT2D eigenvalue weighted by atomic mass is 16.5. The number of pyridine rings is 2. The summed E-state index contributed by atoms with van der Waals surface area (Å²) in [6, 6.07) is 14.6. The summed E-state index contributed by atoms with van der Waals surface area (Å²) in [6.45, 7) is 3.04. The van der Waals surface area contributed by atoms with Crippen LogP contribution < -0.4 is 15.4 Å². The first-order valence-corrected chi connectivity index (χ1v) is 8.38. The average molecular weight is 348 g/mol. The number of hydrogen-bond acceptors (Lipinski definition) is 5. The minimum Gasteiger partial charge on any atom is -0.492 e. The topological polar surface area (TPSA) is 76.1 Å². The maximum absolute atomic E-state index is 12.6. The number of nitrogens with zero attached hydrogens (tertiary/aromatic N) is 2. The Bertz CT molecular complexity index is 868. The molecule has 3 rings (SSSR count). The van der Waals surface area contributed by atoms with Crippen LogP contribution >= 0.6 is 0 Å². The molecule has 0 spiro atoms. The Labute approximate surface area is 152 Å². The molecule has 2 N–H and O–H groups in total. The smallest absolute Gasteiger partial charge is 0.255 e. The van der Waals surface area contributed by atoms with Gasteiger partial charge in [0.05, 0.1) is 12.3 Å². The zero-order valence-corrected chi connectivity index (χ0v) is 14.5. The standard InChI is InChI=1S/C20H20N4O2/c1-2-26-18-6-4-3-5-17(18)24-20(25)16-9-12-22-19(13-16)23-14-15-7-10-21-11-8-15/h3-13H,2,14H2,1H3,(H,22,23)(H,24,25). The van der Waals surface area contributed by atoms with Crippen LogP contribution in [0.15, 0.2) is 67.1 Å². The molecule has 0 fully saturated rings. The zero-order chi connectivity index (χ0) is 18.2. The highest BCUT2D eigenvalue weighted by Crippen LogP contribution is 2.24. The number of anilines is 2. The molecular formula is C20H20N4O2. The molecule has 0 aliphatic rings. The van der Waals surface area contributed by atoms with E-state index < -0.39 is 0 Å². The number of nitrogens with one attached hydrogen (secondary N) is 2. The van der Waals surface area contributed by atoms with Crippen LogP contribution in [0.3, 0.4) is 0 Å². The van der Waals surface area contributed by atoms with E-state index in [1.165, 1.54) is 0 Å². The van der Waals surface area contributed by atoms with Crippen molar-refractivity contribution < 1.29 is 9.53 Å². The molecule has 0 radical (unpaired) electrons. The lowest BCUT2D eigenvalue weighted by Crippen LogP contribution is -2.13. The molecule has 2 heterocycles. The van der Waals surface area contributed by atoms with Gasteiger partial charge in [0.25, 0.3) is 5.91 Å². The van der Waals surface area contributed by atoms with Gasteiger partial charge in [0.1, 0.15) is 11.6 Å². The number of carbonyl (C=O) groups excluding carboxylic acids is 1. The molecule has 132 valence electrons. The van der Waals surface area contributed by atoms with Crippen molar-refractivity contribution in [1.29, 1.82) is 0 Å². The predicted molar refractivity (Wildman–Crippen MR) is 101 cm³/mol. The molecule has 1 aromatic carbocycles. The van der Waals surface area contributed by atoms with Crippen LogP contribution in [0.4, 0.5) is 11.5 Å². The summed E-state index contributed by atoms with van der Waals surface area (Å²) in [5.41, 5.74) is 2.24. The van der Waals surface area contributed by atoms with Crippen LogP contribution in [-0.4, -0.2) is 22.5 Å². The summed E-state index contributed by atoms with van der Waals surface area (Å²) in [5, 5.41) is 6.09. The minimum absolute atomic E-state index is 0.216. The van der Waals surface area contributed by atoms with Gasteiger partial charge in [-0.2, -0.15) is 0 Å². The molecule has 6 heteroatoms. The van der Waals surface area contributed by atoms with Crippen LogP contribution in [0.5, 0.6) is 5.75 Å². The van der Waals surface area contributed by atoms with Crippen LogP contribution in [0, 0.1) is 0 Å². The number of carbonyl (C=O) groups is 1. The first-order valence-electron chi connectivity index (χ1n) is 8.38. The predicted octanol–water partition coefficient (Wildman–Crippen LogP) is 3.74. The Morgan fingerprint density at radius 3 is 2.69 bits per heavy atom. The van der Waals surface area contributed by atoms with Gasteiger partial charge in [-0.1, -0.05) is 12.1 Å². The number of amides is 1. The number of aromatic nitrogens is 2. The van der Waals surface area contributed by atoms with E-state index in [0.717, 1.165) is 5.56 Å². The van der Waals surface area contributed by atoms with Gasteiger partial charge in [0.2, 0.25) is 0 Å². The number of para-hydroxylation sites is 2. The molecule has 3 aromatic rings. The first-order chi connectivity index (χ1) is 12.8. The van der Waals surface area contributed by atoms with Crippen molar-refractivity contribution in [2.45, 2.75) is 13.5 Å². The fraction of sp³-hybridized carbons (Fsp3) is 0.150. The second-order valence-electron chi connectivity index (χ2n) is 5.52. The number of rotatable bonds is 7. The first kappa shape index (κ1) is 17.4. The Morgan fingerprint density at radius 2 is 1.88 bits per heavy atom. The lowest BCUT2D eigenvalue weighted by atomic mass is 10.2. The van der Waals surface area contributed by atoms with Crippen molar-refractivity contribution in [3.63, 3.8) is 0 Å². The highest BCUT2D eigenvalue weighted by molar-refractivity contribution is 6.05. The molecule has 2 aromatic heterocycles. The summed E-state index contributed by atoms with van der Waals surface area (Å²) in [7, 11) is 0. The highest BCUT2D eigenvalue weighted by Gasteiger charge is 2.10. The Morgan fingerprint density at radius 1 is 1.08 bits per heavy atom. The third kappa shape index (κ3) is 4.57. The summed E-state index contributed by atoms with van der Waals surface area (Å²) in [6.07, 6.45) is 5.09. The number of hydrogen-bond donors (Lipinski definition) is 2. The molecule has 1 amide bonds. The maximum atomic E-state index is 12.6. The van der Waals surface area contributed by atoms with Gasteiger partial charge in [-0.25, -0.2) is 4.98 Å². The summed E-state index contributed by atoms with van der Waals surface area (Å²) in [5.74, 6) is 1.06. The molecule has 0 aliphatic heterocycles. The molecule has 0 aliphatic carbocycles. The molecule has 26 heavy (non-hydrogen) atoms. The van der Waals surface area contributed by atoms with Crippen LogP contribution in [0.25, 0.3) is 0 Å². The molecule has 0 unspecified atom stereocenters. The van der Waals surface area contributed by atoms with E-state index in [2.05, 4.69) is 20.6 Å². The zero-order valence-electron chi connectivity index (χ0n) is 14.5. The van der Waals surface area contributed by atoms with Crippen LogP contribution in [0.2, 0.25) is 0 Å². The Kier molecular flexibility index (Phi) is 5.77. The second kappa shape index (κ2) is 8.62. The largest absolute Gasteiger partial charge is 0.492 e. The second-order valence-corrected chi connectivity index (χ2v) is 5.52. The quantitative estimate of drug-likeness (QED) is 0.680. The summed E-state index contributed by atoms with van der Waals surface area (Å²) in [4.78, 5) is 20.8. The van der Waals surface area contributed by atoms with Gasteiger partial charge < -0.3 is 15.4 Å². The van der Waals surface area contributed by atoms with Gasteiger partial charge in [0.15, 0.2) is 0 Å². The molecular weight excluding hydrogens is 328 g/mol. The van der Waals surface area contributed by atoms with Crippen molar-refractivity contribution >= 4 is 17.4 Å². The number of ether oxygens (including phenoxy) is 1. The van der Waals surface area contributed by atoms with E-state index in [1.807, 2.05) is 43.3 Å². The van der Waals surface area contributed by atoms with E-state index in [0.29, 0.717) is 36.0 Å². The van der Waals surface area contributed by atoms with Gasteiger partial charge in [0, 0.05) is 30.7 Å². The Hall–Kier alpha value is -3.41. The van der Waals surface area contributed by atoms with Gasteiger partial charge >= 0.3 is 0 Å². The van der Waals surface area contributed by atoms with Crippen LogP contribution in [0.1, 0.15) is 22.8 Å². The lowest BCUT2D eigenvalue weighted by Gasteiger charge is -2.12. The van der Waals surface area contributed by atoms with Gasteiger partial charge in [-0.05, 0) is 48.9 Å². The minimum atomic E-state index is -0.216. The normalized spacial score (nSPS) is 10.2. The third-order valence-electron chi connectivity index (χ3n) is 3.68. The fourth-order valence-electron chi connectivity index (χ4n) is 2.41. The van der Waals surface area contributed by atoms with E-state index >= 15 is 0 Å². The monoisotopic (exact) mass is 348 g/mol. The van der Waals surface area contributed by atoms with E-state index in [9.17, 15) is 4.79 Å². The molecule has 0 bridgehead atoms. The SMILES string of the molecule is CCOc1ccccc1NC(=O)c1ccnc(NCc2ccncc2)c1. The Balaban J connectivity index is 1.68. The van der Waals surface area contributed by atoms with Crippen molar-refractivity contribution in [2.75, 3.05) is 17.2 Å². The molecule has 0 atom stereocenters. The van der Waals surface area contributed by atoms with Crippen molar-refractivity contribution in [3.8, 4) is 5.75 Å². The summed E-state index contributed by atoms with van der Waals surface area (Å²) < 4.78 is 5.54. The third-order valence-corrected chi connectivity index (χ3v) is 3.68. The van der Waals surface area contributed by atoms with Crippen LogP contribution in [-0.2, 0) is 6.54 Å². The van der Waals surface area contributed by atoms with Crippen molar-refractivity contribution in [2.24, 2.45) is 0 Å². The average Bonchev–Trinajstić information content (AvgIpc) is 2.69. The lowest BCUT2D eigenvalue weighted by molar-refractivity contribution is 0.102. The number of benzene rings is 1. The van der Waals surface area contributed by atoms with Crippen molar-refractivity contribution in [1.82, 2.24) is 9.97 Å². The molecule has 0 saturated heterocycles.